The van der Waals surface area contributed by atoms with Crippen molar-refractivity contribution >= 4 is 16.6 Å². The van der Waals surface area contributed by atoms with Crippen LogP contribution in [0.2, 0.25) is 0 Å². The molecule has 1 aromatic heterocycles. The van der Waals surface area contributed by atoms with E-state index in [0.717, 1.165) is 25.2 Å². The molecule has 1 aliphatic heterocycles. The van der Waals surface area contributed by atoms with Gasteiger partial charge in [0.05, 0.1) is 17.3 Å². The summed E-state index contributed by atoms with van der Waals surface area (Å²) in [5.41, 5.74) is 3.50. The average Bonchev–Trinajstić information content (AvgIpc) is 3.00. The second kappa shape index (κ2) is 5.22. The zero-order valence-corrected chi connectivity index (χ0v) is 11.8. The Balaban J connectivity index is 1.64. The lowest BCUT2D eigenvalue weighted by Gasteiger charge is -2.35. The first-order valence-electron chi connectivity index (χ1n) is 7.38. The fraction of sp³-hybridized carbons (Fsp3) is 0.235. The van der Waals surface area contributed by atoms with Crippen molar-refractivity contribution in [2.45, 2.75) is 6.04 Å². The lowest BCUT2D eigenvalue weighted by atomic mass is 10.1. The van der Waals surface area contributed by atoms with Crippen LogP contribution in [0.1, 0.15) is 11.7 Å². The van der Waals surface area contributed by atoms with Gasteiger partial charge in [-0.25, -0.2) is 0 Å². The first-order chi connectivity index (χ1) is 10.4. The van der Waals surface area contributed by atoms with E-state index >= 15 is 0 Å². The van der Waals surface area contributed by atoms with Gasteiger partial charge in [-0.15, -0.1) is 0 Å². The number of hydrogen-bond donors (Lipinski definition) is 2. The maximum Gasteiger partial charge on any atom is 0.0924 e. The molecule has 4 rings (SSSR count). The van der Waals surface area contributed by atoms with Crippen LogP contribution in [0.3, 0.4) is 0 Å². The van der Waals surface area contributed by atoms with Gasteiger partial charge in [0.2, 0.25) is 0 Å². The fourth-order valence-corrected chi connectivity index (χ4v) is 3.06. The van der Waals surface area contributed by atoms with Crippen molar-refractivity contribution in [2.75, 3.05) is 24.5 Å². The van der Waals surface area contributed by atoms with Gasteiger partial charge in [0.25, 0.3) is 0 Å². The predicted molar refractivity (Wildman–Crippen MR) is 85.5 cm³/mol. The molecule has 0 amide bonds. The van der Waals surface area contributed by atoms with E-state index in [1.807, 2.05) is 12.1 Å². The number of benzene rings is 2. The minimum Gasteiger partial charge on any atom is -0.368 e. The zero-order valence-electron chi connectivity index (χ0n) is 11.8. The molecule has 0 saturated carbocycles. The topological polar surface area (TPSA) is 44.0 Å². The molecule has 2 heterocycles. The number of hydrogen-bond acceptors (Lipinski definition) is 3. The lowest BCUT2D eigenvalue weighted by Crippen LogP contribution is -2.46. The molecule has 1 fully saturated rings. The number of nitrogens with one attached hydrogen (secondary N) is 2. The summed E-state index contributed by atoms with van der Waals surface area (Å²) in [7, 11) is 0. The summed E-state index contributed by atoms with van der Waals surface area (Å²) in [6.07, 6.45) is 0. The summed E-state index contributed by atoms with van der Waals surface area (Å²) in [6, 6.07) is 19.2. The van der Waals surface area contributed by atoms with E-state index in [1.165, 1.54) is 16.8 Å². The molecule has 4 heteroatoms. The monoisotopic (exact) mass is 278 g/mol. The minimum atomic E-state index is 0.284. The van der Waals surface area contributed by atoms with Gasteiger partial charge >= 0.3 is 0 Å². The van der Waals surface area contributed by atoms with Gasteiger partial charge in [-0.05, 0) is 18.2 Å². The van der Waals surface area contributed by atoms with Gasteiger partial charge in [0, 0.05) is 30.7 Å². The standard InChI is InChI=1S/C17H18N4/c1-2-6-13(7-3-1)21-11-10-18-16(12-21)17-14-8-4-5-9-15(14)19-20-17/h1-9,16,18H,10-12H2,(H,19,20). The smallest absolute Gasteiger partial charge is 0.0924 e. The molecule has 0 aliphatic carbocycles. The molecule has 0 radical (unpaired) electrons. The van der Waals surface area contributed by atoms with Crippen LogP contribution in [0.25, 0.3) is 10.9 Å². The van der Waals surface area contributed by atoms with Crippen molar-refractivity contribution in [3.05, 3.63) is 60.3 Å². The van der Waals surface area contributed by atoms with E-state index in [2.05, 4.69) is 62.9 Å². The van der Waals surface area contributed by atoms with Crippen LogP contribution < -0.4 is 10.2 Å². The summed E-state index contributed by atoms with van der Waals surface area (Å²) in [6.45, 7) is 2.97. The lowest BCUT2D eigenvalue weighted by molar-refractivity contribution is 0.465. The molecule has 2 N–H and O–H groups in total. The third-order valence-electron chi connectivity index (χ3n) is 4.14. The second-order valence-corrected chi connectivity index (χ2v) is 5.44. The highest BCUT2D eigenvalue weighted by atomic mass is 15.2. The van der Waals surface area contributed by atoms with Crippen LogP contribution in [0.15, 0.2) is 54.6 Å². The first kappa shape index (κ1) is 12.4. The Kier molecular flexibility index (Phi) is 3.09. The normalized spacial score (nSPS) is 19.0. The van der Waals surface area contributed by atoms with Crippen LogP contribution >= 0.6 is 0 Å². The Morgan fingerprint density at radius 3 is 2.71 bits per heavy atom. The number of fused-ring (bicyclic) bond motifs is 1. The van der Waals surface area contributed by atoms with Crippen molar-refractivity contribution in [3.8, 4) is 0 Å². The van der Waals surface area contributed by atoms with Crippen molar-refractivity contribution in [2.24, 2.45) is 0 Å². The summed E-state index contributed by atoms with van der Waals surface area (Å²) < 4.78 is 0. The first-order valence-corrected chi connectivity index (χ1v) is 7.38. The Labute approximate surface area is 123 Å². The third-order valence-corrected chi connectivity index (χ3v) is 4.14. The number of nitrogens with zero attached hydrogens (tertiary/aromatic N) is 2. The van der Waals surface area contributed by atoms with Crippen LogP contribution in [0.4, 0.5) is 5.69 Å². The second-order valence-electron chi connectivity index (χ2n) is 5.44. The zero-order chi connectivity index (χ0) is 14.1. The number of piperazine rings is 1. The van der Waals surface area contributed by atoms with Crippen LogP contribution in [-0.2, 0) is 0 Å². The largest absolute Gasteiger partial charge is 0.368 e. The van der Waals surface area contributed by atoms with Crippen LogP contribution in [0.5, 0.6) is 0 Å². The molecule has 0 bridgehead atoms. The number of para-hydroxylation sites is 2. The van der Waals surface area contributed by atoms with Gasteiger partial charge in [0.1, 0.15) is 0 Å². The molecule has 106 valence electrons. The maximum atomic E-state index is 4.41. The van der Waals surface area contributed by atoms with E-state index in [4.69, 9.17) is 0 Å². The number of rotatable bonds is 2. The Morgan fingerprint density at radius 2 is 1.81 bits per heavy atom. The van der Waals surface area contributed by atoms with E-state index in [9.17, 15) is 0 Å². The number of anilines is 1. The van der Waals surface area contributed by atoms with Gasteiger partial charge in [-0.2, -0.15) is 5.10 Å². The molecule has 4 nitrogen and oxygen atoms in total. The van der Waals surface area contributed by atoms with E-state index < -0.39 is 0 Å². The van der Waals surface area contributed by atoms with Crippen molar-refractivity contribution in [1.82, 2.24) is 15.5 Å². The molecule has 0 spiro atoms. The van der Waals surface area contributed by atoms with Gasteiger partial charge in [0.15, 0.2) is 0 Å². The highest BCUT2D eigenvalue weighted by molar-refractivity contribution is 5.81. The average molecular weight is 278 g/mol. The fourth-order valence-electron chi connectivity index (χ4n) is 3.06. The molecular formula is C17H18N4. The van der Waals surface area contributed by atoms with Crippen molar-refractivity contribution < 1.29 is 0 Å². The summed E-state index contributed by atoms with van der Waals surface area (Å²) in [4.78, 5) is 2.43. The Bertz CT molecular complexity index is 735. The summed E-state index contributed by atoms with van der Waals surface area (Å²) in [5, 5.41) is 12.4. The minimum absolute atomic E-state index is 0.284. The molecule has 21 heavy (non-hydrogen) atoms. The molecule has 1 saturated heterocycles. The molecule has 2 aromatic carbocycles. The molecular weight excluding hydrogens is 260 g/mol. The van der Waals surface area contributed by atoms with Crippen LogP contribution in [-0.4, -0.2) is 29.8 Å². The van der Waals surface area contributed by atoms with Crippen molar-refractivity contribution in [3.63, 3.8) is 0 Å². The number of aromatic amines is 1. The molecule has 1 aliphatic rings. The van der Waals surface area contributed by atoms with Crippen molar-refractivity contribution in [1.29, 1.82) is 0 Å². The quantitative estimate of drug-likeness (QED) is 0.757. The van der Waals surface area contributed by atoms with Gasteiger partial charge < -0.3 is 10.2 Å². The Hall–Kier alpha value is -2.33. The van der Waals surface area contributed by atoms with E-state index in [-0.39, 0.29) is 6.04 Å². The Morgan fingerprint density at radius 1 is 1.00 bits per heavy atom. The predicted octanol–water partition coefficient (Wildman–Crippen LogP) is 2.71. The third kappa shape index (κ3) is 2.28. The highest BCUT2D eigenvalue weighted by Crippen LogP contribution is 2.26. The summed E-state index contributed by atoms with van der Waals surface area (Å²) in [5.74, 6) is 0. The van der Waals surface area contributed by atoms with Gasteiger partial charge in [-0.1, -0.05) is 36.4 Å². The summed E-state index contributed by atoms with van der Waals surface area (Å²) >= 11 is 0. The molecule has 3 aromatic rings. The van der Waals surface area contributed by atoms with Crippen LogP contribution in [0, 0.1) is 0 Å². The van der Waals surface area contributed by atoms with E-state index in [1.54, 1.807) is 0 Å². The SMILES string of the molecule is c1ccc(N2CCNC(c3[nH]nc4ccccc34)C2)cc1. The number of aromatic nitrogens is 2. The number of H-pyrrole nitrogens is 1. The molecule has 1 unspecified atom stereocenters. The highest BCUT2D eigenvalue weighted by Gasteiger charge is 2.23. The van der Waals surface area contributed by atoms with Gasteiger partial charge in [-0.3, -0.25) is 5.10 Å². The van der Waals surface area contributed by atoms with E-state index in [0.29, 0.717) is 0 Å². The maximum absolute atomic E-state index is 4.41. The molecule has 1 atom stereocenters.